The Morgan fingerprint density at radius 2 is 1.80 bits per heavy atom. The zero-order valence-electron chi connectivity index (χ0n) is 21.9. The second-order valence-electron chi connectivity index (χ2n) is 9.11. The van der Waals surface area contributed by atoms with Crippen LogP contribution in [0.1, 0.15) is 6.92 Å². The average Bonchev–Trinajstić information content (AvgIpc) is 2.95. The molecule has 210 valence electrons. The molecule has 2 heterocycles. The number of halogens is 2. The lowest BCUT2D eigenvalue weighted by molar-refractivity contribution is -0.132. The van der Waals surface area contributed by atoms with Crippen molar-refractivity contribution >= 4 is 40.1 Å². The summed E-state index contributed by atoms with van der Waals surface area (Å²) in [5.74, 6) is -3.98. The van der Waals surface area contributed by atoms with Gasteiger partial charge in [-0.3, -0.25) is 14.6 Å². The van der Waals surface area contributed by atoms with Gasteiger partial charge in [-0.2, -0.15) is 0 Å². The Hall–Kier alpha value is -5.26. The molecule has 5 rings (SSSR count). The number of nitrogens with one attached hydrogen (secondary N) is 1. The SMILES string of the molecule is CCN1CC(C(=O)Nc2ccc(Oc3ccnc4cc(O)c(OC)cc34)c(F)c2)C(=O)N(c2ccc(F)cc2)C1=O. The number of phenols is 1. The molecule has 4 aromatic rings. The molecule has 0 aliphatic carbocycles. The molecule has 0 radical (unpaired) electrons. The van der Waals surface area contributed by atoms with Crippen LogP contribution in [0.3, 0.4) is 0 Å². The second-order valence-corrected chi connectivity index (χ2v) is 9.11. The topological polar surface area (TPSA) is 121 Å². The predicted molar refractivity (Wildman–Crippen MR) is 145 cm³/mol. The summed E-state index contributed by atoms with van der Waals surface area (Å²) >= 11 is 0. The number of nitrogens with zero attached hydrogens (tertiary/aromatic N) is 3. The average molecular weight is 563 g/mol. The highest BCUT2D eigenvalue weighted by Gasteiger charge is 2.43. The fourth-order valence-corrected chi connectivity index (χ4v) is 4.45. The molecule has 10 nitrogen and oxygen atoms in total. The van der Waals surface area contributed by atoms with Gasteiger partial charge in [0, 0.05) is 42.5 Å². The second kappa shape index (κ2) is 11.1. The van der Waals surface area contributed by atoms with Gasteiger partial charge in [-0.05, 0) is 55.5 Å². The largest absolute Gasteiger partial charge is 0.504 e. The first-order valence-electron chi connectivity index (χ1n) is 12.5. The zero-order chi connectivity index (χ0) is 29.3. The number of hydrogen-bond donors (Lipinski definition) is 2. The number of aromatic hydroxyl groups is 1. The van der Waals surface area contributed by atoms with Crippen molar-refractivity contribution in [1.82, 2.24) is 9.88 Å². The van der Waals surface area contributed by atoms with Gasteiger partial charge >= 0.3 is 6.03 Å². The molecule has 12 heteroatoms. The van der Waals surface area contributed by atoms with Crippen molar-refractivity contribution in [3.05, 3.63) is 78.5 Å². The van der Waals surface area contributed by atoms with E-state index in [9.17, 15) is 23.9 Å². The van der Waals surface area contributed by atoms with Crippen LogP contribution in [0.4, 0.5) is 25.0 Å². The van der Waals surface area contributed by atoms with Gasteiger partial charge in [0.15, 0.2) is 23.1 Å². The van der Waals surface area contributed by atoms with Crippen LogP contribution in [-0.4, -0.2) is 53.0 Å². The molecular formula is C29H24F2N4O6. The Morgan fingerprint density at radius 3 is 2.49 bits per heavy atom. The number of urea groups is 1. The van der Waals surface area contributed by atoms with Gasteiger partial charge in [-0.25, -0.2) is 18.5 Å². The third kappa shape index (κ3) is 5.31. The number of aromatic nitrogens is 1. The molecular weight excluding hydrogens is 538 g/mol. The molecule has 3 aromatic carbocycles. The number of anilines is 2. The Kier molecular flexibility index (Phi) is 7.38. The molecule has 1 aromatic heterocycles. The molecule has 0 bridgehead atoms. The van der Waals surface area contributed by atoms with E-state index in [2.05, 4.69) is 10.3 Å². The third-order valence-corrected chi connectivity index (χ3v) is 6.59. The molecule has 0 spiro atoms. The van der Waals surface area contributed by atoms with Crippen molar-refractivity contribution in [2.75, 3.05) is 30.4 Å². The number of carbonyl (C=O) groups excluding carboxylic acids is 3. The summed E-state index contributed by atoms with van der Waals surface area (Å²) in [6.45, 7) is 1.75. The number of fused-ring (bicyclic) bond motifs is 1. The molecule has 1 aliphatic rings. The lowest BCUT2D eigenvalue weighted by atomic mass is 10.0. The summed E-state index contributed by atoms with van der Waals surface area (Å²) in [5.41, 5.74) is 0.588. The standard InChI is InChI=1S/C29H24F2N4O6/c1-3-34-15-20(28(38)35(29(34)39)18-7-4-16(30)5-8-18)27(37)33-17-6-9-25(21(31)12-17)41-24-10-11-32-22-14-23(36)26(40-2)13-19(22)24/h4-14,20,36H,3,15H2,1-2H3,(H,33,37). The van der Waals surface area contributed by atoms with Crippen LogP contribution in [0.2, 0.25) is 0 Å². The summed E-state index contributed by atoms with van der Waals surface area (Å²) in [7, 11) is 1.39. The van der Waals surface area contributed by atoms with Crippen molar-refractivity contribution < 1.29 is 37.7 Å². The van der Waals surface area contributed by atoms with Crippen LogP contribution < -0.4 is 19.7 Å². The number of pyridine rings is 1. The van der Waals surface area contributed by atoms with E-state index in [0.717, 1.165) is 23.1 Å². The molecule has 4 amide bonds. The van der Waals surface area contributed by atoms with Crippen LogP contribution in [0.15, 0.2) is 66.9 Å². The minimum Gasteiger partial charge on any atom is -0.504 e. The van der Waals surface area contributed by atoms with E-state index in [-0.39, 0.29) is 47.5 Å². The number of carbonyl (C=O) groups is 3. The molecule has 1 unspecified atom stereocenters. The van der Waals surface area contributed by atoms with Gasteiger partial charge in [0.1, 0.15) is 17.5 Å². The summed E-state index contributed by atoms with van der Waals surface area (Å²) < 4.78 is 39.4. The Balaban J connectivity index is 1.35. The highest BCUT2D eigenvalue weighted by atomic mass is 19.1. The first kappa shape index (κ1) is 27.3. The fourth-order valence-electron chi connectivity index (χ4n) is 4.45. The van der Waals surface area contributed by atoms with Gasteiger partial charge in [0.05, 0.1) is 18.3 Å². The monoisotopic (exact) mass is 562 g/mol. The van der Waals surface area contributed by atoms with E-state index >= 15 is 4.39 Å². The zero-order valence-corrected chi connectivity index (χ0v) is 21.9. The van der Waals surface area contributed by atoms with Crippen LogP contribution in [0, 0.1) is 17.6 Å². The minimum atomic E-state index is -1.29. The maximum atomic E-state index is 15.1. The lowest BCUT2D eigenvalue weighted by Crippen LogP contribution is -2.59. The van der Waals surface area contributed by atoms with E-state index in [1.54, 1.807) is 6.92 Å². The van der Waals surface area contributed by atoms with Crippen LogP contribution >= 0.6 is 0 Å². The highest BCUT2D eigenvalue weighted by molar-refractivity contribution is 6.23. The van der Waals surface area contributed by atoms with E-state index in [1.165, 1.54) is 60.7 Å². The highest BCUT2D eigenvalue weighted by Crippen LogP contribution is 2.37. The number of methoxy groups -OCH3 is 1. The molecule has 1 atom stereocenters. The molecule has 1 aliphatic heterocycles. The number of benzene rings is 3. The lowest BCUT2D eigenvalue weighted by Gasteiger charge is -2.37. The van der Waals surface area contributed by atoms with E-state index in [4.69, 9.17) is 9.47 Å². The number of hydrogen-bond acceptors (Lipinski definition) is 7. The predicted octanol–water partition coefficient (Wildman–Crippen LogP) is 5.06. The van der Waals surface area contributed by atoms with Crippen LogP contribution in [0.25, 0.3) is 10.9 Å². The first-order valence-corrected chi connectivity index (χ1v) is 12.5. The van der Waals surface area contributed by atoms with E-state index in [0.29, 0.717) is 10.9 Å². The maximum absolute atomic E-state index is 15.1. The smallest absolute Gasteiger partial charge is 0.331 e. The number of phenolic OH excluding ortho intramolecular Hbond substituents is 1. The van der Waals surface area contributed by atoms with Gasteiger partial charge in [0.2, 0.25) is 11.8 Å². The van der Waals surface area contributed by atoms with Crippen molar-refractivity contribution in [2.45, 2.75) is 6.92 Å². The normalized spacial score (nSPS) is 15.3. The molecule has 41 heavy (non-hydrogen) atoms. The number of rotatable bonds is 7. The number of amides is 4. The number of ether oxygens (including phenoxy) is 2. The first-order chi connectivity index (χ1) is 19.7. The van der Waals surface area contributed by atoms with Crippen molar-refractivity contribution in [3.8, 4) is 23.0 Å². The van der Waals surface area contributed by atoms with Crippen LogP contribution in [0.5, 0.6) is 23.0 Å². The fraction of sp³-hybridized carbons (Fsp3) is 0.172. The summed E-state index contributed by atoms with van der Waals surface area (Å²) in [4.78, 5) is 45.6. The molecule has 1 fully saturated rings. The molecule has 2 N–H and O–H groups in total. The number of imide groups is 1. The minimum absolute atomic E-state index is 0.0621. The van der Waals surface area contributed by atoms with Crippen molar-refractivity contribution in [1.29, 1.82) is 0 Å². The molecule has 1 saturated heterocycles. The van der Waals surface area contributed by atoms with E-state index < -0.39 is 35.4 Å². The maximum Gasteiger partial charge on any atom is 0.331 e. The molecule has 0 saturated carbocycles. The van der Waals surface area contributed by atoms with Gasteiger partial charge in [-0.15, -0.1) is 0 Å². The van der Waals surface area contributed by atoms with Gasteiger partial charge in [0.25, 0.3) is 0 Å². The van der Waals surface area contributed by atoms with Crippen molar-refractivity contribution in [2.24, 2.45) is 5.92 Å². The Labute approximate surface area is 232 Å². The Morgan fingerprint density at radius 1 is 1.05 bits per heavy atom. The van der Waals surface area contributed by atoms with E-state index in [1.807, 2.05) is 0 Å². The van der Waals surface area contributed by atoms with Crippen molar-refractivity contribution in [3.63, 3.8) is 0 Å². The van der Waals surface area contributed by atoms with Gasteiger partial charge < -0.3 is 24.8 Å². The summed E-state index contributed by atoms with van der Waals surface area (Å²) in [6.07, 6.45) is 1.44. The summed E-state index contributed by atoms with van der Waals surface area (Å²) in [5, 5.41) is 13.0. The quantitative estimate of drug-likeness (QED) is 0.302. The Bertz CT molecular complexity index is 1660. The summed E-state index contributed by atoms with van der Waals surface area (Å²) in [6, 6.07) is 12.3. The van der Waals surface area contributed by atoms with Gasteiger partial charge in [-0.1, -0.05) is 0 Å². The third-order valence-electron chi connectivity index (χ3n) is 6.59. The van der Waals surface area contributed by atoms with Crippen LogP contribution in [-0.2, 0) is 9.59 Å².